The number of amides is 1. The summed E-state index contributed by atoms with van der Waals surface area (Å²) >= 11 is 0. The third-order valence-corrected chi connectivity index (χ3v) is 3.21. The van der Waals surface area contributed by atoms with Gasteiger partial charge in [0.25, 0.3) is 5.79 Å². The predicted octanol–water partition coefficient (Wildman–Crippen LogP) is -4.52. The normalized spacial score (nSPS) is 31.2. The molecule has 0 radical (unpaired) electrons. The average Bonchev–Trinajstić information content (AvgIpc) is 2.46. The second-order valence-electron chi connectivity index (χ2n) is 5.36. The van der Waals surface area contributed by atoms with Crippen LogP contribution in [0.3, 0.4) is 0 Å². The van der Waals surface area contributed by atoms with E-state index in [-0.39, 0.29) is 0 Å². The Morgan fingerprint density at radius 2 is 1.77 bits per heavy atom. The Morgan fingerprint density at radius 1 is 1.31 bits per heavy atom. The van der Waals surface area contributed by atoms with Gasteiger partial charge >= 0.3 is 16.4 Å². The number of rotatable bonds is 5. The van der Waals surface area contributed by atoms with Gasteiger partial charge in [-0.3, -0.25) is 13.9 Å². The summed E-state index contributed by atoms with van der Waals surface area (Å²) in [6, 6.07) is -1.27. The van der Waals surface area contributed by atoms with Crippen molar-refractivity contribution in [2.45, 2.75) is 49.6 Å². The van der Waals surface area contributed by atoms with Gasteiger partial charge in [-0.05, 0) is 0 Å². The van der Waals surface area contributed by atoms with E-state index in [1.54, 1.807) is 0 Å². The summed E-state index contributed by atoms with van der Waals surface area (Å²) in [6.45, 7) is 0.256. The first-order chi connectivity index (χ1) is 11.6. The molecule has 15 heteroatoms. The van der Waals surface area contributed by atoms with Gasteiger partial charge in [0.05, 0.1) is 18.8 Å². The summed E-state index contributed by atoms with van der Waals surface area (Å²) in [4.78, 5) is 22.1. The van der Waals surface area contributed by atoms with Crippen molar-refractivity contribution in [3.05, 3.63) is 0 Å². The summed E-state index contributed by atoms with van der Waals surface area (Å²) in [5, 5.41) is 59.0. The fourth-order valence-corrected chi connectivity index (χ4v) is 2.14. The predicted molar refractivity (Wildman–Crippen MR) is 79.0 cm³/mol. The molecule has 154 valence electrons. The molecule has 1 fully saturated rings. The highest BCUT2D eigenvalue weighted by Crippen LogP contribution is 2.30. The molecule has 6 atom stereocenters. The molecule has 1 heterocycles. The van der Waals surface area contributed by atoms with Gasteiger partial charge in [0, 0.05) is 13.3 Å². The van der Waals surface area contributed by atoms with E-state index in [1.807, 2.05) is 0 Å². The maximum atomic E-state index is 11.1. The van der Waals surface area contributed by atoms with Gasteiger partial charge in [-0.15, -0.1) is 0 Å². The van der Waals surface area contributed by atoms with Crippen LogP contribution in [0.25, 0.3) is 0 Å². The molecule has 1 aliphatic rings. The molecule has 26 heavy (non-hydrogen) atoms. The van der Waals surface area contributed by atoms with E-state index in [1.165, 1.54) is 0 Å². The Bertz CT molecular complexity index is 587. The number of nitrogens with one attached hydrogen (secondary N) is 1. The molecule has 9 N–H and O–H groups in total. The lowest BCUT2D eigenvalue weighted by Gasteiger charge is -2.44. The number of carboxylic acids is 1. The second-order valence-corrected chi connectivity index (χ2v) is 6.25. The zero-order valence-electron chi connectivity index (χ0n) is 13.3. The lowest BCUT2D eigenvalue weighted by Crippen LogP contribution is -2.67. The van der Waals surface area contributed by atoms with E-state index >= 15 is 0 Å². The molecular weight excluding hydrogens is 386 g/mol. The van der Waals surface area contributed by atoms with Crippen LogP contribution in [0.1, 0.15) is 13.3 Å². The molecule has 0 aliphatic carbocycles. The summed E-state index contributed by atoms with van der Waals surface area (Å²) in [5.41, 5.74) is 0. The summed E-state index contributed by atoms with van der Waals surface area (Å²) < 4.78 is 36.4. The molecule has 14 nitrogen and oxygen atoms in total. The summed E-state index contributed by atoms with van der Waals surface area (Å²) in [6.07, 6.45) is -7.48. The number of aliphatic hydroxyl groups excluding tert-OH is 4. The van der Waals surface area contributed by atoms with Crippen molar-refractivity contribution in [2.75, 3.05) is 6.61 Å². The van der Waals surface area contributed by atoms with Gasteiger partial charge in [-0.25, -0.2) is 4.79 Å². The van der Waals surface area contributed by atoms with E-state index in [4.69, 9.17) is 32.5 Å². The molecule has 0 aromatic carbocycles. The van der Waals surface area contributed by atoms with Crippen LogP contribution in [-0.4, -0.2) is 103 Å². The molecule has 1 unspecified atom stereocenters. The van der Waals surface area contributed by atoms with Crippen molar-refractivity contribution in [3.63, 3.8) is 0 Å². The summed E-state index contributed by atoms with van der Waals surface area (Å²) in [5.74, 6) is -5.17. The lowest BCUT2D eigenvalue weighted by atomic mass is 9.88. The van der Waals surface area contributed by atoms with Crippen LogP contribution in [0.15, 0.2) is 0 Å². The van der Waals surface area contributed by atoms with Crippen molar-refractivity contribution < 1.29 is 62.5 Å². The molecule has 1 aliphatic heterocycles. The summed E-state index contributed by atoms with van der Waals surface area (Å²) in [7, 11) is -4.67. The highest BCUT2D eigenvalue weighted by atomic mass is 32.3. The van der Waals surface area contributed by atoms with E-state index in [0.29, 0.717) is 0 Å². The van der Waals surface area contributed by atoms with Gasteiger partial charge in [-0.1, -0.05) is 0 Å². The fraction of sp³-hybridized carbons (Fsp3) is 0.818. The molecule has 1 amide bonds. The fourth-order valence-electron chi connectivity index (χ4n) is 2.14. The SMILES string of the molecule is CC(=O)N[C@H]1[C@H]([C@H](O)[C@H](O)CO)OC(O)(C(=O)O)C[C@@H]1O.O=S(=O)(O)O. The lowest BCUT2D eigenvalue weighted by molar-refractivity contribution is -0.295. The molecule has 1 saturated heterocycles. The molecule has 0 aromatic heterocycles. The van der Waals surface area contributed by atoms with Crippen LogP contribution in [0.4, 0.5) is 0 Å². The first-order valence-electron chi connectivity index (χ1n) is 6.88. The maximum absolute atomic E-state index is 11.1. The average molecular weight is 407 g/mol. The second kappa shape index (κ2) is 9.49. The van der Waals surface area contributed by atoms with Crippen molar-refractivity contribution in [1.29, 1.82) is 0 Å². The van der Waals surface area contributed by atoms with Gasteiger partial charge in [0.1, 0.15) is 18.3 Å². The van der Waals surface area contributed by atoms with E-state index in [9.17, 15) is 30.0 Å². The van der Waals surface area contributed by atoms with E-state index < -0.39 is 71.5 Å². The monoisotopic (exact) mass is 407 g/mol. The van der Waals surface area contributed by atoms with Crippen LogP contribution in [0, 0.1) is 0 Å². The van der Waals surface area contributed by atoms with E-state index in [0.717, 1.165) is 6.92 Å². The highest BCUT2D eigenvalue weighted by molar-refractivity contribution is 7.79. The van der Waals surface area contributed by atoms with Crippen LogP contribution in [0.2, 0.25) is 0 Å². The van der Waals surface area contributed by atoms with Crippen molar-refractivity contribution in [1.82, 2.24) is 5.32 Å². The molecule has 0 spiro atoms. The zero-order valence-corrected chi connectivity index (χ0v) is 14.1. The minimum Gasteiger partial charge on any atom is -0.477 e. The quantitative estimate of drug-likeness (QED) is 0.195. The highest BCUT2D eigenvalue weighted by Gasteiger charge is 2.53. The molecular formula is C11H21NO13S. The third kappa shape index (κ3) is 7.85. The van der Waals surface area contributed by atoms with Gasteiger partial charge in [0.2, 0.25) is 5.91 Å². The first-order valence-corrected chi connectivity index (χ1v) is 8.27. The zero-order chi connectivity index (χ0) is 20.9. The van der Waals surface area contributed by atoms with Crippen LogP contribution < -0.4 is 5.32 Å². The number of hydrogen-bond acceptors (Lipinski definition) is 10. The Kier molecular flexibility index (Phi) is 8.97. The van der Waals surface area contributed by atoms with Gasteiger partial charge in [-0.2, -0.15) is 8.42 Å². The first kappa shape index (κ1) is 24.6. The molecule has 0 saturated carbocycles. The van der Waals surface area contributed by atoms with Crippen molar-refractivity contribution in [3.8, 4) is 0 Å². The molecule has 0 aromatic rings. The minimum absolute atomic E-state index is 0.598. The van der Waals surface area contributed by atoms with Crippen LogP contribution >= 0.6 is 0 Å². The Labute approximate surface area is 147 Å². The number of carboxylic acid groups (broad SMARTS) is 1. The smallest absolute Gasteiger partial charge is 0.394 e. The standard InChI is InChI=1S/C11H19NO9.H2O4S/c1-4(14)12-7-5(15)2-11(20,10(18)19)21-9(7)8(17)6(16)3-13;1-5(2,3)4/h5-9,13,15-17,20H,2-3H2,1H3,(H,12,14)(H,18,19);(H2,1,2,3,4)/t5-,6+,7+,8+,9+,11?;/m0./s1. The largest absolute Gasteiger partial charge is 0.477 e. The Hall–Kier alpha value is -1.43. The Morgan fingerprint density at radius 3 is 2.12 bits per heavy atom. The minimum atomic E-state index is -4.67. The van der Waals surface area contributed by atoms with Gasteiger partial charge < -0.3 is 40.7 Å². The molecule has 1 rings (SSSR count). The third-order valence-electron chi connectivity index (χ3n) is 3.21. The Balaban J connectivity index is 0.00000110. The topological polar surface area (TPSA) is 251 Å². The van der Waals surface area contributed by atoms with Crippen LogP contribution in [0.5, 0.6) is 0 Å². The van der Waals surface area contributed by atoms with E-state index in [2.05, 4.69) is 5.32 Å². The number of ether oxygens (including phenoxy) is 1. The van der Waals surface area contributed by atoms with Gasteiger partial charge in [0.15, 0.2) is 0 Å². The molecule has 0 bridgehead atoms. The number of carbonyl (C=O) groups is 2. The number of carbonyl (C=O) groups excluding carboxylic acids is 1. The number of hydrogen-bond donors (Lipinski definition) is 9. The van der Waals surface area contributed by atoms with Crippen molar-refractivity contribution in [2.24, 2.45) is 0 Å². The number of aliphatic hydroxyl groups is 5. The van der Waals surface area contributed by atoms with Crippen LogP contribution in [-0.2, 0) is 24.7 Å². The number of aliphatic carboxylic acids is 1. The van der Waals surface area contributed by atoms with Crippen molar-refractivity contribution >= 4 is 22.3 Å². The maximum Gasteiger partial charge on any atom is 0.394 e.